The molecule has 6 heteroatoms. The van der Waals surface area contributed by atoms with Crippen LogP contribution in [0, 0.1) is 0 Å². The van der Waals surface area contributed by atoms with Crippen molar-refractivity contribution in [3.63, 3.8) is 0 Å². The molecule has 0 saturated carbocycles. The molecule has 4 rings (SSSR count). The topological polar surface area (TPSA) is 59.0 Å². The minimum Gasteiger partial charge on any atom is -0.449 e. The van der Waals surface area contributed by atoms with Crippen molar-refractivity contribution < 1.29 is 19.4 Å². The van der Waals surface area contributed by atoms with Crippen LogP contribution in [0.4, 0.5) is 10.5 Å². The highest BCUT2D eigenvalue weighted by Crippen LogP contribution is 2.39. The number of hydrogen-bond donors (Lipinski definition) is 1. The van der Waals surface area contributed by atoms with E-state index < -0.39 is 6.16 Å². The van der Waals surface area contributed by atoms with Crippen molar-refractivity contribution in [3.8, 4) is 16.2 Å². The molecule has 128 valence electrons. The molecule has 0 radical (unpaired) electrons. The Kier molecular flexibility index (Phi) is 4.29. The summed E-state index contributed by atoms with van der Waals surface area (Å²) in [6, 6.07) is 16.2. The summed E-state index contributed by atoms with van der Waals surface area (Å²) in [6.07, 6.45) is -1.29. The van der Waals surface area contributed by atoms with Gasteiger partial charge >= 0.3 is 6.16 Å². The molecule has 0 unspecified atom stereocenters. The van der Waals surface area contributed by atoms with Gasteiger partial charge in [0.15, 0.2) is 5.06 Å². The first-order chi connectivity index (χ1) is 12.2. The molecular formula is C19H17NO4S. The second kappa shape index (κ2) is 6.74. The van der Waals surface area contributed by atoms with Crippen molar-refractivity contribution in [3.05, 3.63) is 48.5 Å². The average molecular weight is 355 g/mol. The summed E-state index contributed by atoms with van der Waals surface area (Å²) >= 11 is 1.35. The Labute approximate surface area is 149 Å². The van der Waals surface area contributed by atoms with Gasteiger partial charge in [0.25, 0.3) is 0 Å². The fourth-order valence-electron chi connectivity index (χ4n) is 3.08. The highest BCUT2D eigenvalue weighted by molar-refractivity contribution is 7.21. The van der Waals surface area contributed by atoms with Crippen LogP contribution in [0.5, 0.6) is 5.06 Å². The van der Waals surface area contributed by atoms with Crippen molar-refractivity contribution >= 4 is 33.3 Å². The van der Waals surface area contributed by atoms with E-state index in [2.05, 4.69) is 29.2 Å². The number of nitrogens with zero attached hydrogens (tertiary/aromatic N) is 1. The van der Waals surface area contributed by atoms with Gasteiger partial charge < -0.3 is 19.5 Å². The zero-order chi connectivity index (χ0) is 17.2. The van der Waals surface area contributed by atoms with Gasteiger partial charge in [0.2, 0.25) is 0 Å². The van der Waals surface area contributed by atoms with Gasteiger partial charge in [0.05, 0.1) is 13.2 Å². The maximum Gasteiger partial charge on any atom is 0.512 e. The van der Waals surface area contributed by atoms with E-state index in [-0.39, 0.29) is 0 Å². The van der Waals surface area contributed by atoms with Crippen molar-refractivity contribution in [1.29, 1.82) is 0 Å². The number of morpholine rings is 1. The largest absolute Gasteiger partial charge is 0.512 e. The molecule has 0 amide bonds. The van der Waals surface area contributed by atoms with Crippen LogP contribution in [0.15, 0.2) is 48.5 Å². The molecule has 1 aliphatic heterocycles. The van der Waals surface area contributed by atoms with Gasteiger partial charge in [-0.15, -0.1) is 0 Å². The number of anilines is 1. The molecule has 1 saturated heterocycles. The number of thiophene rings is 1. The summed E-state index contributed by atoms with van der Waals surface area (Å²) < 4.78 is 11.2. The minimum atomic E-state index is -1.29. The number of benzene rings is 2. The zero-order valence-electron chi connectivity index (χ0n) is 13.5. The third-order valence-corrected chi connectivity index (χ3v) is 5.33. The quantitative estimate of drug-likeness (QED) is 0.703. The van der Waals surface area contributed by atoms with E-state index in [0.717, 1.165) is 47.5 Å². The Morgan fingerprint density at radius 1 is 1.12 bits per heavy atom. The summed E-state index contributed by atoms with van der Waals surface area (Å²) in [7, 11) is 0. The van der Waals surface area contributed by atoms with Crippen LogP contribution in [-0.4, -0.2) is 37.6 Å². The van der Waals surface area contributed by atoms with Crippen LogP contribution < -0.4 is 9.64 Å². The Bertz CT molecular complexity index is 897. The molecule has 25 heavy (non-hydrogen) atoms. The predicted octanol–water partition coefficient (Wildman–Crippen LogP) is 4.46. The highest BCUT2D eigenvalue weighted by atomic mass is 32.1. The fourth-order valence-corrected chi connectivity index (χ4v) is 4.12. The van der Waals surface area contributed by atoms with Gasteiger partial charge in [-0.1, -0.05) is 41.7 Å². The minimum absolute atomic E-state index is 0.389. The molecule has 0 aliphatic carbocycles. The van der Waals surface area contributed by atoms with Gasteiger partial charge in [0.1, 0.15) is 0 Å². The van der Waals surface area contributed by atoms with Gasteiger partial charge in [-0.2, -0.15) is 0 Å². The van der Waals surface area contributed by atoms with Crippen molar-refractivity contribution in [1.82, 2.24) is 0 Å². The van der Waals surface area contributed by atoms with E-state index in [1.807, 2.05) is 18.2 Å². The van der Waals surface area contributed by atoms with Gasteiger partial charge in [-0.3, -0.25) is 0 Å². The maximum absolute atomic E-state index is 10.8. The van der Waals surface area contributed by atoms with E-state index >= 15 is 0 Å². The Hall–Kier alpha value is -2.57. The summed E-state index contributed by atoms with van der Waals surface area (Å²) in [5, 5.41) is 10.2. The Balaban J connectivity index is 1.66. The third kappa shape index (κ3) is 3.31. The smallest absolute Gasteiger partial charge is 0.449 e. The highest BCUT2D eigenvalue weighted by Gasteiger charge is 2.13. The Morgan fingerprint density at radius 3 is 2.60 bits per heavy atom. The van der Waals surface area contributed by atoms with Gasteiger partial charge in [0, 0.05) is 29.5 Å². The van der Waals surface area contributed by atoms with Crippen LogP contribution in [0.1, 0.15) is 0 Å². The number of hydrogen-bond acceptors (Lipinski definition) is 5. The predicted molar refractivity (Wildman–Crippen MR) is 98.9 cm³/mol. The van der Waals surface area contributed by atoms with E-state index in [4.69, 9.17) is 14.6 Å². The fraction of sp³-hybridized carbons (Fsp3) is 0.211. The van der Waals surface area contributed by atoms with E-state index in [9.17, 15) is 4.79 Å². The molecule has 0 spiro atoms. The summed E-state index contributed by atoms with van der Waals surface area (Å²) in [5.74, 6) is 0. The molecule has 2 aromatic carbocycles. The molecule has 2 heterocycles. The molecule has 0 bridgehead atoms. The van der Waals surface area contributed by atoms with E-state index in [1.54, 1.807) is 6.07 Å². The maximum atomic E-state index is 10.8. The van der Waals surface area contributed by atoms with Gasteiger partial charge in [-0.25, -0.2) is 4.79 Å². The molecule has 3 aromatic rings. The number of fused-ring (bicyclic) bond motifs is 1. The lowest BCUT2D eigenvalue weighted by atomic mass is 10.0. The van der Waals surface area contributed by atoms with Crippen LogP contribution in [0.2, 0.25) is 0 Å². The summed E-state index contributed by atoms with van der Waals surface area (Å²) in [6.45, 7) is 3.36. The molecule has 0 atom stereocenters. The van der Waals surface area contributed by atoms with Crippen LogP contribution >= 0.6 is 11.3 Å². The van der Waals surface area contributed by atoms with Crippen molar-refractivity contribution in [2.24, 2.45) is 0 Å². The first-order valence-corrected chi connectivity index (χ1v) is 8.89. The zero-order valence-corrected chi connectivity index (χ0v) is 14.3. The van der Waals surface area contributed by atoms with Gasteiger partial charge in [-0.05, 0) is 28.6 Å². The number of carboxylic acid groups (broad SMARTS) is 1. The van der Waals surface area contributed by atoms with Crippen molar-refractivity contribution in [2.75, 3.05) is 31.2 Å². The lowest BCUT2D eigenvalue weighted by Crippen LogP contribution is -2.36. The van der Waals surface area contributed by atoms with Crippen LogP contribution in [0.25, 0.3) is 21.2 Å². The van der Waals surface area contributed by atoms with E-state index in [0.29, 0.717) is 5.06 Å². The lowest BCUT2D eigenvalue weighted by Gasteiger charge is -2.28. The van der Waals surface area contributed by atoms with Crippen LogP contribution in [0.3, 0.4) is 0 Å². The molecule has 1 aromatic heterocycles. The summed E-state index contributed by atoms with van der Waals surface area (Å²) in [4.78, 5) is 13.1. The lowest BCUT2D eigenvalue weighted by molar-refractivity contribution is 0.122. The number of ether oxygens (including phenoxy) is 2. The van der Waals surface area contributed by atoms with Crippen LogP contribution in [-0.2, 0) is 4.74 Å². The van der Waals surface area contributed by atoms with E-state index in [1.165, 1.54) is 17.0 Å². The molecule has 1 aliphatic rings. The molecular weight excluding hydrogens is 338 g/mol. The molecule has 5 nitrogen and oxygen atoms in total. The second-order valence-electron chi connectivity index (χ2n) is 5.80. The standard InChI is InChI=1S/C19H17NO4S/c21-19(22)24-17-12-14-2-1-3-16(18(14)25-17)13-4-6-15(7-5-13)20-8-10-23-11-9-20/h1-7,12H,8-11H2,(H,21,22). The monoisotopic (exact) mass is 355 g/mol. The average Bonchev–Trinajstić information content (AvgIpc) is 3.04. The molecule has 1 fully saturated rings. The summed E-state index contributed by atoms with van der Waals surface area (Å²) in [5.41, 5.74) is 3.38. The van der Waals surface area contributed by atoms with Crippen molar-refractivity contribution in [2.45, 2.75) is 0 Å². The Morgan fingerprint density at radius 2 is 1.88 bits per heavy atom. The first-order valence-electron chi connectivity index (χ1n) is 8.07. The normalized spacial score (nSPS) is 14.6. The number of carbonyl (C=O) groups is 1. The SMILES string of the molecule is O=C(O)Oc1cc2cccc(-c3ccc(N4CCOCC4)cc3)c2s1. The molecule has 1 N–H and O–H groups in total. The first kappa shape index (κ1) is 15.9. The number of rotatable bonds is 3. The third-order valence-electron chi connectivity index (χ3n) is 4.26. The second-order valence-corrected chi connectivity index (χ2v) is 6.82.